The number of nitrogens with one attached hydrogen (secondary N) is 1. The first-order valence-corrected chi connectivity index (χ1v) is 6.62. The van der Waals surface area contributed by atoms with Gasteiger partial charge in [0, 0.05) is 18.5 Å². The van der Waals surface area contributed by atoms with Crippen LogP contribution in [0.1, 0.15) is 39.5 Å². The van der Waals surface area contributed by atoms with Crippen molar-refractivity contribution in [2.75, 3.05) is 26.7 Å². The summed E-state index contributed by atoms with van der Waals surface area (Å²) in [7, 11) is 2.16. The molecule has 0 radical (unpaired) electrons. The maximum absolute atomic E-state index is 11.7. The Morgan fingerprint density at radius 2 is 2.00 bits per heavy atom. The van der Waals surface area contributed by atoms with E-state index in [1.807, 2.05) is 13.8 Å². The molecule has 0 aromatic heterocycles. The van der Waals surface area contributed by atoms with Gasteiger partial charge in [-0.05, 0) is 59.2 Å². The van der Waals surface area contributed by atoms with E-state index in [0.717, 1.165) is 12.3 Å². The molecule has 3 N–H and O–H groups in total. The Morgan fingerprint density at radius 1 is 1.41 bits per heavy atom. The zero-order chi connectivity index (χ0) is 12.9. The van der Waals surface area contributed by atoms with E-state index in [0.29, 0.717) is 13.0 Å². The molecule has 1 rings (SSSR count). The van der Waals surface area contributed by atoms with Gasteiger partial charge in [-0.25, -0.2) is 0 Å². The Bertz CT molecular complexity index is 245. The van der Waals surface area contributed by atoms with Crippen LogP contribution in [-0.4, -0.2) is 43.0 Å². The van der Waals surface area contributed by atoms with Crippen LogP contribution in [0, 0.1) is 5.92 Å². The molecule has 0 aliphatic carbocycles. The molecule has 0 atom stereocenters. The lowest BCUT2D eigenvalue weighted by atomic mass is 9.92. The van der Waals surface area contributed by atoms with Crippen LogP contribution in [0.4, 0.5) is 0 Å². The van der Waals surface area contributed by atoms with Gasteiger partial charge < -0.3 is 16.0 Å². The predicted octanol–water partition coefficient (Wildman–Crippen LogP) is 0.962. The molecule has 1 amide bonds. The highest BCUT2D eigenvalue weighted by molar-refractivity contribution is 5.76. The predicted molar refractivity (Wildman–Crippen MR) is 70.7 cm³/mol. The number of nitrogens with zero attached hydrogens (tertiary/aromatic N) is 1. The smallest absolute Gasteiger partial charge is 0.220 e. The number of piperidine rings is 1. The van der Waals surface area contributed by atoms with Gasteiger partial charge in [0.2, 0.25) is 5.91 Å². The number of carbonyl (C=O) groups excluding carboxylic acids is 1. The third kappa shape index (κ3) is 5.50. The van der Waals surface area contributed by atoms with Crippen LogP contribution in [0.5, 0.6) is 0 Å². The minimum atomic E-state index is -0.274. The SMILES string of the molecule is CN1CCC(CCC(=O)NC(C)(C)CN)CC1. The topological polar surface area (TPSA) is 58.4 Å². The van der Waals surface area contributed by atoms with Crippen molar-refractivity contribution < 1.29 is 4.79 Å². The molecule has 100 valence electrons. The van der Waals surface area contributed by atoms with Crippen molar-refractivity contribution in [2.45, 2.75) is 45.1 Å². The molecule has 1 saturated heterocycles. The standard InChI is InChI=1S/C13H27N3O/c1-13(2,10-14)15-12(17)5-4-11-6-8-16(3)9-7-11/h11H,4-10,14H2,1-3H3,(H,15,17). The van der Waals surface area contributed by atoms with Gasteiger partial charge >= 0.3 is 0 Å². The second kappa shape index (κ2) is 6.36. The molecule has 1 fully saturated rings. The van der Waals surface area contributed by atoms with E-state index >= 15 is 0 Å². The van der Waals surface area contributed by atoms with Crippen molar-refractivity contribution >= 4 is 5.91 Å². The fourth-order valence-electron chi connectivity index (χ4n) is 2.18. The minimum Gasteiger partial charge on any atom is -0.350 e. The van der Waals surface area contributed by atoms with E-state index in [1.165, 1.54) is 25.9 Å². The van der Waals surface area contributed by atoms with Crippen molar-refractivity contribution in [2.24, 2.45) is 11.7 Å². The summed E-state index contributed by atoms with van der Waals surface area (Å²) in [6.07, 6.45) is 4.10. The fourth-order valence-corrected chi connectivity index (χ4v) is 2.18. The molecular weight excluding hydrogens is 214 g/mol. The van der Waals surface area contributed by atoms with Crippen LogP contribution < -0.4 is 11.1 Å². The highest BCUT2D eigenvalue weighted by Gasteiger charge is 2.20. The Labute approximate surface area is 105 Å². The first-order chi connectivity index (χ1) is 7.93. The van der Waals surface area contributed by atoms with Crippen LogP contribution in [0.25, 0.3) is 0 Å². The monoisotopic (exact) mass is 241 g/mol. The average Bonchev–Trinajstić information content (AvgIpc) is 2.28. The Morgan fingerprint density at radius 3 is 2.53 bits per heavy atom. The summed E-state index contributed by atoms with van der Waals surface area (Å²) in [5, 5.41) is 2.98. The normalized spacial score (nSPS) is 19.3. The van der Waals surface area contributed by atoms with Crippen LogP contribution in [0.2, 0.25) is 0 Å². The summed E-state index contributed by atoms with van der Waals surface area (Å²) in [6, 6.07) is 0. The average molecular weight is 241 g/mol. The lowest BCUT2D eigenvalue weighted by Crippen LogP contribution is -2.48. The first kappa shape index (κ1) is 14.5. The Balaban J connectivity index is 2.20. The third-order valence-electron chi connectivity index (χ3n) is 3.61. The van der Waals surface area contributed by atoms with E-state index in [4.69, 9.17) is 5.73 Å². The molecule has 0 aromatic rings. The van der Waals surface area contributed by atoms with E-state index in [2.05, 4.69) is 17.3 Å². The molecular formula is C13H27N3O. The van der Waals surface area contributed by atoms with Crippen molar-refractivity contribution in [3.05, 3.63) is 0 Å². The summed E-state index contributed by atoms with van der Waals surface area (Å²) in [4.78, 5) is 14.1. The maximum atomic E-state index is 11.7. The van der Waals surface area contributed by atoms with Gasteiger partial charge in [0.05, 0.1) is 0 Å². The van der Waals surface area contributed by atoms with Gasteiger partial charge in [-0.3, -0.25) is 4.79 Å². The summed E-state index contributed by atoms with van der Waals surface area (Å²) in [6.45, 7) is 6.73. The molecule has 0 spiro atoms. The lowest BCUT2D eigenvalue weighted by Gasteiger charge is -2.29. The number of carbonyl (C=O) groups is 1. The Kier molecular flexibility index (Phi) is 5.40. The first-order valence-electron chi connectivity index (χ1n) is 6.62. The third-order valence-corrected chi connectivity index (χ3v) is 3.61. The van der Waals surface area contributed by atoms with Crippen LogP contribution >= 0.6 is 0 Å². The van der Waals surface area contributed by atoms with Gasteiger partial charge in [0.15, 0.2) is 0 Å². The van der Waals surface area contributed by atoms with E-state index < -0.39 is 0 Å². The van der Waals surface area contributed by atoms with Gasteiger partial charge in [-0.2, -0.15) is 0 Å². The van der Waals surface area contributed by atoms with E-state index in [9.17, 15) is 4.79 Å². The zero-order valence-corrected chi connectivity index (χ0v) is 11.5. The molecule has 1 aliphatic rings. The molecule has 0 aromatic carbocycles. The van der Waals surface area contributed by atoms with Crippen LogP contribution in [0.15, 0.2) is 0 Å². The largest absolute Gasteiger partial charge is 0.350 e. The Hall–Kier alpha value is -0.610. The molecule has 0 unspecified atom stereocenters. The second-order valence-corrected chi connectivity index (χ2v) is 5.92. The number of hydrogen-bond donors (Lipinski definition) is 2. The number of likely N-dealkylation sites (tertiary alicyclic amines) is 1. The van der Waals surface area contributed by atoms with Gasteiger partial charge in [-0.1, -0.05) is 0 Å². The van der Waals surface area contributed by atoms with Crippen molar-refractivity contribution in [3.63, 3.8) is 0 Å². The second-order valence-electron chi connectivity index (χ2n) is 5.92. The molecule has 1 heterocycles. The van der Waals surface area contributed by atoms with Crippen LogP contribution in [0.3, 0.4) is 0 Å². The summed E-state index contributed by atoms with van der Waals surface area (Å²) in [5.41, 5.74) is 5.31. The lowest BCUT2D eigenvalue weighted by molar-refractivity contribution is -0.122. The fraction of sp³-hybridized carbons (Fsp3) is 0.923. The highest BCUT2D eigenvalue weighted by atomic mass is 16.1. The van der Waals surface area contributed by atoms with Gasteiger partial charge in [0.1, 0.15) is 0 Å². The van der Waals surface area contributed by atoms with Gasteiger partial charge in [-0.15, -0.1) is 0 Å². The number of nitrogens with two attached hydrogens (primary N) is 1. The maximum Gasteiger partial charge on any atom is 0.220 e. The summed E-state index contributed by atoms with van der Waals surface area (Å²) < 4.78 is 0. The zero-order valence-electron chi connectivity index (χ0n) is 11.5. The van der Waals surface area contributed by atoms with E-state index in [-0.39, 0.29) is 11.4 Å². The van der Waals surface area contributed by atoms with Crippen LogP contribution in [-0.2, 0) is 4.79 Å². The van der Waals surface area contributed by atoms with Crippen molar-refractivity contribution in [1.29, 1.82) is 0 Å². The number of amides is 1. The molecule has 1 aliphatic heterocycles. The number of hydrogen-bond acceptors (Lipinski definition) is 3. The molecule has 17 heavy (non-hydrogen) atoms. The van der Waals surface area contributed by atoms with Gasteiger partial charge in [0.25, 0.3) is 0 Å². The minimum absolute atomic E-state index is 0.138. The quantitative estimate of drug-likeness (QED) is 0.754. The molecule has 4 heteroatoms. The summed E-state index contributed by atoms with van der Waals surface area (Å²) >= 11 is 0. The van der Waals surface area contributed by atoms with Crippen molar-refractivity contribution in [1.82, 2.24) is 10.2 Å². The number of rotatable bonds is 5. The van der Waals surface area contributed by atoms with E-state index in [1.54, 1.807) is 0 Å². The molecule has 0 bridgehead atoms. The molecule has 0 saturated carbocycles. The highest BCUT2D eigenvalue weighted by Crippen LogP contribution is 2.20. The molecule has 4 nitrogen and oxygen atoms in total. The van der Waals surface area contributed by atoms with Crippen molar-refractivity contribution in [3.8, 4) is 0 Å². The summed E-state index contributed by atoms with van der Waals surface area (Å²) in [5.74, 6) is 0.859.